The molecule has 3 fully saturated rings. The Hall–Kier alpha value is -0.353. The fourth-order valence-electron chi connectivity index (χ4n) is 5.83. The highest BCUT2D eigenvalue weighted by molar-refractivity contribution is 6.69. The molecule has 3 aliphatic carbocycles. The maximum atomic E-state index is 12.7. The smallest absolute Gasteiger partial charge is 0.312 e. The third-order valence-corrected chi connectivity index (χ3v) is 7.34. The standard InChI is InChI=1S/C18H32O3Si/c1-6-20-17(19)16-15-13-10-8-7-9-12(13)11-14(15)18(16,2)21-22(3,4)5/h12-16H,6-11H2,1-5H3/t12-,13+,14-,15+,16+,18-/m1/s1. The van der Waals surface area contributed by atoms with Crippen molar-refractivity contribution in [2.45, 2.75) is 71.2 Å². The minimum absolute atomic E-state index is 0.00396. The van der Waals surface area contributed by atoms with Crippen LogP contribution in [0.15, 0.2) is 0 Å². The molecule has 126 valence electrons. The van der Waals surface area contributed by atoms with Crippen molar-refractivity contribution in [2.24, 2.45) is 29.6 Å². The van der Waals surface area contributed by atoms with Gasteiger partial charge >= 0.3 is 5.97 Å². The summed E-state index contributed by atoms with van der Waals surface area (Å²) in [6.07, 6.45) is 6.65. The Morgan fingerprint density at radius 3 is 2.55 bits per heavy atom. The highest BCUT2D eigenvalue weighted by Crippen LogP contribution is 2.66. The van der Waals surface area contributed by atoms with E-state index in [9.17, 15) is 4.79 Å². The van der Waals surface area contributed by atoms with Crippen molar-refractivity contribution in [1.82, 2.24) is 0 Å². The largest absolute Gasteiger partial charge is 0.466 e. The molecular formula is C18H32O3Si. The molecule has 3 aliphatic rings. The van der Waals surface area contributed by atoms with Crippen molar-refractivity contribution in [3.05, 3.63) is 0 Å². The second-order valence-corrected chi connectivity index (χ2v) is 13.2. The Morgan fingerprint density at radius 2 is 1.91 bits per heavy atom. The number of hydrogen-bond acceptors (Lipinski definition) is 3. The summed E-state index contributed by atoms with van der Waals surface area (Å²) in [6.45, 7) is 11.3. The van der Waals surface area contributed by atoms with Gasteiger partial charge in [0.2, 0.25) is 0 Å². The summed E-state index contributed by atoms with van der Waals surface area (Å²) in [5, 5.41) is 0. The van der Waals surface area contributed by atoms with Crippen molar-refractivity contribution < 1.29 is 14.0 Å². The molecule has 0 aliphatic heterocycles. The number of hydrogen-bond donors (Lipinski definition) is 0. The first-order valence-corrected chi connectivity index (χ1v) is 12.6. The SMILES string of the molecule is CCOC(=O)[C@@H]1[C@H]2[C@H]3CCCC[C@@H]3C[C@H]2[C@@]1(C)O[Si](C)(C)C. The molecule has 22 heavy (non-hydrogen) atoms. The second-order valence-electron chi connectivity index (χ2n) is 8.76. The van der Waals surface area contributed by atoms with Crippen molar-refractivity contribution in [2.75, 3.05) is 6.61 Å². The van der Waals surface area contributed by atoms with E-state index in [0.29, 0.717) is 18.4 Å². The minimum Gasteiger partial charge on any atom is -0.466 e. The topological polar surface area (TPSA) is 35.5 Å². The maximum Gasteiger partial charge on any atom is 0.312 e. The monoisotopic (exact) mass is 324 g/mol. The fraction of sp³-hybridized carbons (Fsp3) is 0.944. The third kappa shape index (κ3) is 2.56. The second kappa shape index (κ2) is 5.62. The van der Waals surface area contributed by atoms with Gasteiger partial charge in [0.1, 0.15) is 0 Å². The summed E-state index contributed by atoms with van der Waals surface area (Å²) in [7, 11) is -1.69. The quantitative estimate of drug-likeness (QED) is 0.573. The van der Waals surface area contributed by atoms with Gasteiger partial charge in [-0.1, -0.05) is 19.3 Å². The normalized spacial score (nSPS) is 44.0. The lowest BCUT2D eigenvalue weighted by Gasteiger charge is -2.59. The number of fused-ring (bicyclic) bond motifs is 3. The van der Waals surface area contributed by atoms with Crippen LogP contribution in [0.3, 0.4) is 0 Å². The van der Waals surface area contributed by atoms with Crippen LogP contribution in [0.4, 0.5) is 0 Å². The number of carbonyl (C=O) groups is 1. The van der Waals surface area contributed by atoms with Crippen molar-refractivity contribution >= 4 is 14.3 Å². The minimum atomic E-state index is -1.69. The molecule has 3 rings (SSSR count). The molecule has 6 atom stereocenters. The highest BCUT2D eigenvalue weighted by atomic mass is 28.4. The number of ether oxygens (including phenoxy) is 1. The molecule has 0 amide bonds. The first-order chi connectivity index (χ1) is 10.3. The summed E-state index contributed by atoms with van der Waals surface area (Å²) in [4.78, 5) is 12.7. The summed E-state index contributed by atoms with van der Waals surface area (Å²) < 4.78 is 12.0. The fourth-order valence-corrected chi connectivity index (χ4v) is 7.43. The molecule has 0 aromatic heterocycles. The van der Waals surface area contributed by atoms with Crippen LogP contribution < -0.4 is 0 Å². The first kappa shape index (κ1) is 16.5. The predicted molar refractivity (Wildman–Crippen MR) is 90.0 cm³/mol. The van der Waals surface area contributed by atoms with Crippen LogP contribution >= 0.6 is 0 Å². The Kier molecular flexibility index (Phi) is 4.22. The molecule has 0 spiro atoms. The van der Waals surface area contributed by atoms with Crippen LogP contribution in [0.2, 0.25) is 19.6 Å². The van der Waals surface area contributed by atoms with E-state index in [1.807, 2.05) is 6.92 Å². The average Bonchev–Trinajstić information content (AvgIpc) is 2.74. The van der Waals surface area contributed by atoms with Crippen LogP contribution in [0.5, 0.6) is 0 Å². The van der Waals surface area contributed by atoms with E-state index in [2.05, 4.69) is 26.6 Å². The van der Waals surface area contributed by atoms with E-state index in [0.717, 1.165) is 11.8 Å². The van der Waals surface area contributed by atoms with Gasteiger partial charge in [0, 0.05) is 0 Å². The van der Waals surface area contributed by atoms with Gasteiger partial charge in [0.25, 0.3) is 0 Å². The summed E-state index contributed by atoms with van der Waals surface area (Å²) >= 11 is 0. The van der Waals surface area contributed by atoms with Gasteiger partial charge in [0.05, 0.1) is 18.1 Å². The van der Waals surface area contributed by atoms with Crippen molar-refractivity contribution in [1.29, 1.82) is 0 Å². The predicted octanol–water partition coefficient (Wildman–Crippen LogP) is 4.23. The lowest BCUT2D eigenvalue weighted by atomic mass is 9.53. The van der Waals surface area contributed by atoms with E-state index >= 15 is 0 Å². The molecule has 0 unspecified atom stereocenters. The summed E-state index contributed by atoms with van der Waals surface area (Å²) in [5.74, 6) is 2.62. The molecule has 0 saturated heterocycles. The van der Waals surface area contributed by atoms with Gasteiger partial charge in [-0.05, 0) is 70.0 Å². The average molecular weight is 325 g/mol. The van der Waals surface area contributed by atoms with Crippen LogP contribution in [0.1, 0.15) is 46.0 Å². The summed E-state index contributed by atoms with van der Waals surface area (Å²) in [6, 6.07) is 0. The van der Waals surface area contributed by atoms with Crippen LogP contribution in [-0.2, 0) is 14.0 Å². The van der Waals surface area contributed by atoms with Crippen LogP contribution in [0, 0.1) is 29.6 Å². The van der Waals surface area contributed by atoms with Gasteiger partial charge in [-0.3, -0.25) is 4.79 Å². The van der Waals surface area contributed by atoms with Gasteiger partial charge in [-0.15, -0.1) is 0 Å². The molecule has 0 bridgehead atoms. The zero-order valence-electron chi connectivity index (χ0n) is 14.9. The summed E-state index contributed by atoms with van der Waals surface area (Å²) in [5.41, 5.74) is -0.279. The molecule has 3 saturated carbocycles. The lowest BCUT2D eigenvalue weighted by molar-refractivity contribution is -0.201. The van der Waals surface area contributed by atoms with Crippen LogP contribution in [0.25, 0.3) is 0 Å². The van der Waals surface area contributed by atoms with E-state index in [4.69, 9.17) is 9.16 Å². The van der Waals surface area contributed by atoms with Gasteiger partial charge in [-0.25, -0.2) is 0 Å². The van der Waals surface area contributed by atoms with Gasteiger partial charge < -0.3 is 9.16 Å². The maximum absolute atomic E-state index is 12.7. The van der Waals surface area contributed by atoms with Crippen molar-refractivity contribution in [3.8, 4) is 0 Å². The van der Waals surface area contributed by atoms with E-state index in [1.165, 1.54) is 32.1 Å². The Balaban J connectivity index is 1.87. The van der Waals surface area contributed by atoms with Crippen LogP contribution in [-0.4, -0.2) is 26.5 Å². The number of carbonyl (C=O) groups excluding carboxylic acids is 1. The molecule has 0 N–H and O–H groups in total. The molecule has 0 heterocycles. The first-order valence-electron chi connectivity index (χ1n) is 9.14. The Bertz CT molecular complexity index is 444. The lowest BCUT2D eigenvalue weighted by Crippen LogP contribution is -2.67. The Labute approximate surface area is 136 Å². The molecule has 0 aromatic carbocycles. The Morgan fingerprint density at radius 1 is 1.23 bits per heavy atom. The third-order valence-electron chi connectivity index (χ3n) is 6.29. The zero-order valence-corrected chi connectivity index (χ0v) is 15.9. The molecule has 4 heteroatoms. The molecular weight excluding hydrogens is 292 g/mol. The van der Waals surface area contributed by atoms with Gasteiger partial charge in [-0.2, -0.15) is 0 Å². The molecule has 0 aromatic rings. The van der Waals surface area contributed by atoms with Crippen molar-refractivity contribution in [3.63, 3.8) is 0 Å². The van der Waals surface area contributed by atoms with E-state index in [1.54, 1.807) is 0 Å². The van der Waals surface area contributed by atoms with Gasteiger partial charge in [0.15, 0.2) is 8.32 Å². The molecule has 3 nitrogen and oxygen atoms in total. The van der Waals surface area contributed by atoms with E-state index in [-0.39, 0.29) is 17.5 Å². The molecule has 0 radical (unpaired) electrons. The highest BCUT2D eigenvalue weighted by Gasteiger charge is 2.70. The number of esters is 1. The van der Waals surface area contributed by atoms with E-state index < -0.39 is 8.32 Å². The zero-order chi connectivity index (χ0) is 16.1. The number of rotatable bonds is 4.